The maximum absolute atomic E-state index is 11.0. The van der Waals surface area contributed by atoms with E-state index in [-0.39, 0.29) is 11.3 Å². The summed E-state index contributed by atoms with van der Waals surface area (Å²) < 4.78 is 6.12. The van der Waals surface area contributed by atoms with Crippen molar-refractivity contribution in [3.05, 3.63) is 52.3 Å². The molecule has 1 amide bonds. The summed E-state index contributed by atoms with van der Waals surface area (Å²) in [6, 6.07) is 7.29. The molecule has 0 aliphatic rings. The maximum atomic E-state index is 11.0. The monoisotopic (exact) mass is 336 g/mol. The largest absolute Gasteiger partial charge is 0.478 e. The van der Waals surface area contributed by atoms with Gasteiger partial charge in [0.05, 0.1) is 10.0 Å². The number of carboxylic acids is 1. The Labute approximate surface area is 122 Å². The topological polar surface area (TPSA) is 103 Å². The van der Waals surface area contributed by atoms with Gasteiger partial charge in [-0.05, 0) is 40.2 Å². The van der Waals surface area contributed by atoms with E-state index in [1.54, 1.807) is 6.07 Å². The Kier molecular flexibility index (Phi) is 3.99. The van der Waals surface area contributed by atoms with Crippen LogP contribution < -0.4 is 10.5 Å². The van der Waals surface area contributed by atoms with E-state index in [4.69, 9.17) is 15.6 Å². The fraction of sp³-hybridized carbons (Fsp3) is 0. The molecule has 0 unspecified atom stereocenters. The minimum absolute atomic E-state index is 0.0630. The average molecular weight is 337 g/mol. The van der Waals surface area contributed by atoms with Crippen molar-refractivity contribution in [1.82, 2.24) is 4.98 Å². The van der Waals surface area contributed by atoms with Crippen molar-refractivity contribution >= 4 is 27.8 Å². The van der Waals surface area contributed by atoms with Gasteiger partial charge in [-0.1, -0.05) is 0 Å². The molecule has 20 heavy (non-hydrogen) atoms. The molecule has 1 aromatic heterocycles. The van der Waals surface area contributed by atoms with Gasteiger partial charge in [-0.3, -0.25) is 9.78 Å². The fourth-order valence-corrected chi connectivity index (χ4v) is 1.78. The number of primary amides is 1. The molecule has 1 aromatic carbocycles. The molecule has 0 saturated carbocycles. The molecule has 0 aliphatic heterocycles. The normalized spacial score (nSPS) is 10.1. The van der Waals surface area contributed by atoms with E-state index in [1.165, 1.54) is 30.5 Å². The lowest BCUT2D eigenvalue weighted by Gasteiger charge is -2.09. The summed E-state index contributed by atoms with van der Waals surface area (Å²) >= 11 is 3.26. The van der Waals surface area contributed by atoms with Crippen molar-refractivity contribution in [3.63, 3.8) is 0 Å². The van der Waals surface area contributed by atoms with E-state index >= 15 is 0 Å². The Morgan fingerprint density at radius 2 is 2.00 bits per heavy atom. The quantitative estimate of drug-likeness (QED) is 0.892. The van der Waals surface area contributed by atoms with Crippen molar-refractivity contribution in [2.45, 2.75) is 0 Å². The predicted octanol–water partition coefficient (Wildman–Crippen LogP) is 2.43. The lowest BCUT2D eigenvalue weighted by molar-refractivity contribution is 0.0696. The second-order valence-corrected chi connectivity index (χ2v) is 4.65. The molecular formula is C13H9BrN2O4. The van der Waals surface area contributed by atoms with Gasteiger partial charge in [0, 0.05) is 12.3 Å². The molecule has 2 aromatic rings. The molecule has 0 spiro atoms. The Balaban J connectivity index is 2.34. The summed E-state index contributed by atoms with van der Waals surface area (Å²) in [6.45, 7) is 0. The zero-order chi connectivity index (χ0) is 14.7. The minimum Gasteiger partial charge on any atom is -0.478 e. The molecule has 6 nitrogen and oxygen atoms in total. The number of pyridine rings is 1. The summed E-state index contributed by atoms with van der Waals surface area (Å²) in [5, 5.41) is 8.94. The average Bonchev–Trinajstić information content (AvgIpc) is 2.41. The standard InChI is InChI=1S/C13H9BrN2O4/c14-9-2-1-7(13(18)19)5-11(9)20-8-3-4-16-10(6-8)12(15)17/h1-6H,(H2,15,17)(H,18,19). The van der Waals surface area contributed by atoms with Gasteiger partial charge in [0.15, 0.2) is 0 Å². The Hall–Kier alpha value is -2.41. The highest BCUT2D eigenvalue weighted by atomic mass is 79.9. The molecule has 0 radical (unpaired) electrons. The number of halogens is 1. The Morgan fingerprint density at radius 3 is 2.65 bits per heavy atom. The number of hydrogen-bond donors (Lipinski definition) is 2. The van der Waals surface area contributed by atoms with Crippen LogP contribution in [-0.2, 0) is 0 Å². The summed E-state index contributed by atoms with van der Waals surface area (Å²) in [7, 11) is 0. The molecule has 102 valence electrons. The van der Waals surface area contributed by atoms with Crippen LogP contribution in [0, 0.1) is 0 Å². The molecule has 0 saturated heterocycles. The molecule has 1 heterocycles. The number of hydrogen-bond acceptors (Lipinski definition) is 4. The van der Waals surface area contributed by atoms with Crippen molar-refractivity contribution < 1.29 is 19.4 Å². The van der Waals surface area contributed by atoms with Gasteiger partial charge in [0.25, 0.3) is 5.91 Å². The van der Waals surface area contributed by atoms with E-state index in [0.717, 1.165) is 0 Å². The molecule has 3 N–H and O–H groups in total. The molecule has 2 rings (SSSR count). The van der Waals surface area contributed by atoms with Gasteiger partial charge in [-0.2, -0.15) is 0 Å². The first kappa shape index (κ1) is 14.0. The SMILES string of the molecule is NC(=O)c1cc(Oc2cc(C(=O)O)ccc2Br)ccn1. The summed E-state index contributed by atoms with van der Waals surface area (Å²) in [4.78, 5) is 25.7. The number of nitrogens with two attached hydrogens (primary N) is 1. The molecule has 0 atom stereocenters. The highest BCUT2D eigenvalue weighted by Gasteiger charge is 2.10. The predicted molar refractivity (Wildman–Crippen MR) is 73.9 cm³/mol. The molecule has 0 fully saturated rings. The Morgan fingerprint density at radius 1 is 1.25 bits per heavy atom. The van der Waals surface area contributed by atoms with Crippen molar-refractivity contribution in [3.8, 4) is 11.5 Å². The van der Waals surface area contributed by atoms with Crippen LogP contribution in [0.3, 0.4) is 0 Å². The van der Waals surface area contributed by atoms with Gasteiger partial charge >= 0.3 is 5.97 Å². The summed E-state index contributed by atoms with van der Waals surface area (Å²) in [5.41, 5.74) is 5.28. The van der Waals surface area contributed by atoms with Crippen LogP contribution in [0.1, 0.15) is 20.8 Å². The van der Waals surface area contributed by atoms with Crippen LogP contribution in [0.15, 0.2) is 41.0 Å². The van der Waals surface area contributed by atoms with Gasteiger partial charge in [0.1, 0.15) is 17.2 Å². The second-order valence-electron chi connectivity index (χ2n) is 3.79. The Bertz CT molecular complexity index is 688. The summed E-state index contributed by atoms with van der Waals surface area (Å²) in [5.74, 6) is -1.09. The fourth-order valence-electron chi connectivity index (χ4n) is 1.45. The number of carbonyl (C=O) groups is 2. The van der Waals surface area contributed by atoms with Crippen molar-refractivity contribution in [2.75, 3.05) is 0 Å². The van der Waals surface area contributed by atoms with Gasteiger partial charge < -0.3 is 15.6 Å². The third kappa shape index (κ3) is 3.12. The van der Waals surface area contributed by atoms with E-state index in [1.807, 2.05) is 0 Å². The third-order valence-corrected chi connectivity index (χ3v) is 3.04. The van der Waals surface area contributed by atoms with Crippen LogP contribution in [0.2, 0.25) is 0 Å². The van der Waals surface area contributed by atoms with E-state index in [0.29, 0.717) is 16.0 Å². The molecular weight excluding hydrogens is 328 g/mol. The number of carbonyl (C=O) groups excluding carboxylic acids is 1. The number of benzene rings is 1. The second kappa shape index (κ2) is 5.70. The van der Waals surface area contributed by atoms with Crippen LogP contribution >= 0.6 is 15.9 Å². The molecule has 7 heteroatoms. The van der Waals surface area contributed by atoms with Crippen LogP contribution in [0.25, 0.3) is 0 Å². The zero-order valence-electron chi connectivity index (χ0n) is 10.0. The maximum Gasteiger partial charge on any atom is 0.335 e. The smallest absolute Gasteiger partial charge is 0.335 e. The first-order valence-electron chi connectivity index (χ1n) is 5.44. The number of amides is 1. The van der Waals surface area contributed by atoms with Gasteiger partial charge in [-0.15, -0.1) is 0 Å². The highest BCUT2D eigenvalue weighted by Crippen LogP contribution is 2.30. The first-order chi connectivity index (χ1) is 9.47. The number of ether oxygens (including phenoxy) is 1. The summed E-state index contributed by atoms with van der Waals surface area (Å²) in [6.07, 6.45) is 1.38. The highest BCUT2D eigenvalue weighted by molar-refractivity contribution is 9.10. The van der Waals surface area contributed by atoms with Gasteiger partial charge in [0.2, 0.25) is 0 Å². The van der Waals surface area contributed by atoms with Crippen molar-refractivity contribution in [2.24, 2.45) is 5.73 Å². The number of carboxylic acid groups (broad SMARTS) is 1. The van der Waals surface area contributed by atoms with E-state index in [2.05, 4.69) is 20.9 Å². The number of rotatable bonds is 4. The van der Waals surface area contributed by atoms with E-state index < -0.39 is 11.9 Å². The van der Waals surface area contributed by atoms with Crippen LogP contribution in [0.5, 0.6) is 11.5 Å². The third-order valence-electron chi connectivity index (χ3n) is 2.39. The number of nitrogens with zero attached hydrogens (tertiary/aromatic N) is 1. The number of aromatic carboxylic acids is 1. The van der Waals surface area contributed by atoms with E-state index in [9.17, 15) is 9.59 Å². The lowest BCUT2D eigenvalue weighted by Crippen LogP contribution is -2.12. The zero-order valence-corrected chi connectivity index (χ0v) is 11.6. The first-order valence-corrected chi connectivity index (χ1v) is 6.23. The van der Waals surface area contributed by atoms with Gasteiger partial charge in [-0.25, -0.2) is 4.79 Å². The van der Waals surface area contributed by atoms with Crippen molar-refractivity contribution in [1.29, 1.82) is 0 Å². The minimum atomic E-state index is -1.06. The molecule has 0 bridgehead atoms. The lowest BCUT2D eigenvalue weighted by atomic mass is 10.2. The number of aromatic nitrogens is 1. The van der Waals surface area contributed by atoms with Crippen LogP contribution in [-0.4, -0.2) is 22.0 Å². The van der Waals surface area contributed by atoms with Crippen LogP contribution in [0.4, 0.5) is 0 Å². The molecule has 0 aliphatic carbocycles.